The van der Waals surface area contributed by atoms with E-state index in [4.69, 9.17) is 15.8 Å². The van der Waals surface area contributed by atoms with E-state index < -0.39 is 21.8 Å². The molecule has 0 aromatic heterocycles. The Kier molecular flexibility index (Phi) is 3.73. The van der Waals surface area contributed by atoms with Crippen molar-refractivity contribution >= 4 is 21.7 Å². The molecule has 0 aliphatic rings. The highest BCUT2D eigenvalue weighted by Crippen LogP contribution is 2.28. The second-order valence-corrected chi connectivity index (χ2v) is 5.52. The third-order valence-electron chi connectivity index (χ3n) is 2.20. The van der Waals surface area contributed by atoms with Crippen LogP contribution in [-0.4, -0.2) is 8.42 Å². The molecule has 100 valence electrons. The third-order valence-corrected chi connectivity index (χ3v) is 3.74. The first-order valence-corrected chi connectivity index (χ1v) is 6.82. The lowest BCUT2D eigenvalue weighted by Crippen LogP contribution is -2.10. The van der Waals surface area contributed by atoms with Gasteiger partial charge in [-0.05, 0) is 42.5 Å². The van der Waals surface area contributed by atoms with Gasteiger partial charge in [-0.3, -0.25) is 0 Å². The maximum absolute atomic E-state index is 12.8. The number of hydrogen-bond acceptors (Lipinski definition) is 3. The van der Waals surface area contributed by atoms with E-state index in [0.717, 1.165) is 42.5 Å². The monoisotopic (exact) mass is 304 g/mol. The molecule has 2 aromatic rings. The standard InChI is InChI=1S/C12H7ClF2O3S/c13-11-7-9(15)3-6-12(11)18-19(16,17)10-4-1-8(14)2-5-10/h1-7H. The van der Waals surface area contributed by atoms with Crippen LogP contribution in [0.4, 0.5) is 8.78 Å². The SMILES string of the molecule is O=S(=O)(Oc1ccc(F)cc1Cl)c1ccc(F)cc1. The molecule has 19 heavy (non-hydrogen) atoms. The summed E-state index contributed by atoms with van der Waals surface area (Å²) < 4.78 is 54.0. The lowest BCUT2D eigenvalue weighted by Gasteiger charge is -2.08. The molecule has 3 nitrogen and oxygen atoms in total. The van der Waals surface area contributed by atoms with Crippen LogP contribution in [0.25, 0.3) is 0 Å². The zero-order valence-corrected chi connectivity index (χ0v) is 10.9. The molecule has 2 aromatic carbocycles. The molecule has 0 atom stereocenters. The van der Waals surface area contributed by atoms with E-state index in [0.29, 0.717) is 0 Å². The van der Waals surface area contributed by atoms with Gasteiger partial charge in [-0.15, -0.1) is 0 Å². The van der Waals surface area contributed by atoms with E-state index in [1.807, 2.05) is 0 Å². The lowest BCUT2D eigenvalue weighted by atomic mass is 10.3. The topological polar surface area (TPSA) is 43.4 Å². The van der Waals surface area contributed by atoms with E-state index in [2.05, 4.69) is 0 Å². The highest BCUT2D eigenvalue weighted by atomic mass is 35.5. The average molecular weight is 305 g/mol. The summed E-state index contributed by atoms with van der Waals surface area (Å²) in [6.07, 6.45) is 0. The van der Waals surface area contributed by atoms with Crippen molar-refractivity contribution in [2.24, 2.45) is 0 Å². The molecule has 0 aliphatic carbocycles. The van der Waals surface area contributed by atoms with Crippen molar-refractivity contribution in [3.63, 3.8) is 0 Å². The summed E-state index contributed by atoms with van der Waals surface area (Å²) >= 11 is 5.66. The fourth-order valence-corrected chi connectivity index (χ4v) is 2.51. The van der Waals surface area contributed by atoms with Gasteiger partial charge in [-0.25, -0.2) is 8.78 Å². The van der Waals surface area contributed by atoms with Crippen LogP contribution >= 0.6 is 11.6 Å². The van der Waals surface area contributed by atoms with Gasteiger partial charge in [0.15, 0.2) is 5.75 Å². The molecule has 0 heterocycles. The molecule has 2 rings (SSSR count). The smallest absolute Gasteiger partial charge is 0.339 e. The van der Waals surface area contributed by atoms with Crippen molar-refractivity contribution in [1.82, 2.24) is 0 Å². The molecule has 7 heteroatoms. The summed E-state index contributed by atoms with van der Waals surface area (Å²) in [7, 11) is -4.14. The Morgan fingerprint density at radius 2 is 1.53 bits per heavy atom. The van der Waals surface area contributed by atoms with Crippen molar-refractivity contribution in [3.05, 3.63) is 59.1 Å². The number of hydrogen-bond donors (Lipinski definition) is 0. The maximum Gasteiger partial charge on any atom is 0.339 e. The van der Waals surface area contributed by atoms with Crippen LogP contribution in [-0.2, 0) is 10.1 Å². The van der Waals surface area contributed by atoms with Gasteiger partial charge in [0.25, 0.3) is 0 Å². The zero-order valence-electron chi connectivity index (χ0n) is 9.31. The normalized spacial score (nSPS) is 11.3. The molecular weight excluding hydrogens is 298 g/mol. The van der Waals surface area contributed by atoms with Gasteiger partial charge in [0, 0.05) is 0 Å². The fraction of sp³-hybridized carbons (Fsp3) is 0. The van der Waals surface area contributed by atoms with Crippen LogP contribution in [0.5, 0.6) is 5.75 Å². The quantitative estimate of drug-likeness (QED) is 0.816. The van der Waals surface area contributed by atoms with Crippen molar-refractivity contribution < 1.29 is 21.4 Å². The maximum atomic E-state index is 12.8. The second-order valence-electron chi connectivity index (χ2n) is 3.57. The molecule has 0 bridgehead atoms. The number of benzene rings is 2. The highest BCUT2D eigenvalue weighted by molar-refractivity contribution is 7.87. The van der Waals surface area contributed by atoms with Crippen LogP contribution in [0.1, 0.15) is 0 Å². The molecule has 0 spiro atoms. The summed E-state index contributed by atoms with van der Waals surface area (Å²) in [6, 6.07) is 7.13. The van der Waals surface area contributed by atoms with Crippen LogP contribution < -0.4 is 4.18 Å². The Balaban J connectivity index is 2.33. The van der Waals surface area contributed by atoms with Gasteiger partial charge >= 0.3 is 10.1 Å². The van der Waals surface area contributed by atoms with Gasteiger partial charge < -0.3 is 4.18 Å². The van der Waals surface area contributed by atoms with Gasteiger partial charge in [0.1, 0.15) is 16.5 Å². The molecule has 0 saturated heterocycles. The molecule has 0 unspecified atom stereocenters. The Hall–Kier alpha value is -1.66. The van der Waals surface area contributed by atoms with Crippen molar-refractivity contribution in [2.75, 3.05) is 0 Å². The summed E-state index contributed by atoms with van der Waals surface area (Å²) in [5, 5.41) is -0.175. The van der Waals surface area contributed by atoms with E-state index in [9.17, 15) is 17.2 Å². The van der Waals surface area contributed by atoms with Crippen LogP contribution in [0.15, 0.2) is 47.4 Å². The molecule has 0 fully saturated rings. The molecule has 0 amide bonds. The van der Waals surface area contributed by atoms with Gasteiger partial charge in [-0.2, -0.15) is 8.42 Å². The predicted octanol–water partition coefficient (Wildman–Crippen LogP) is 3.39. The lowest BCUT2D eigenvalue weighted by molar-refractivity contribution is 0.485. The summed E-state index contributed by atoms with van der Waals surface area (Å²) in [5.74, 6) is -1.39. The summed E-state index contributed by atoms with van der Waals surface area (Å²) in [4.78, 5) is -0.228. The van der Waals surface area contributed by atoms with Crippen molar-refractivity contribution in [3.8, 4) is 5.75 Å². The number of rotatable bonds is 3. The Bertz CT molecular complexity index is 699. The minimum absolute atomic E-state index is 0.175. The summed E-state index contributed by atoms with van der Waals surface area (Å²) in [5.41, 5.74) is 0. The molecular formula is C12H7ClF2O3S. The van der Waals surface area contributed by atoms with Crippen LogP contribution in [0.3, 0.4) is 0 Å². The average Bonchev–Trinajstić information content (AvgIpc) is 2.33. The fourth-order valence-electron chi connectivity index (χ4n) is 1.31. The second kappa shape index (κ2) is 5.14. The highest BCUT2D eigenvalue weighted by Gasteiger charge is 2.18. The number of halogens is 3. The van der Waals surface area contributed by atoms with E-state index >= 15 is 0 Å². The molecule has 0 N–H and O–H groups in total. The first kappa shape index (κ1) is 13.8. The predicted molar refractivity (Wildman–Crippen MR) is 65.6 cm³/mol. The first-order chi connectivity index (χ1) is 8.88. The van der Waals surface area contributed by atoms with Crippen LogP contribution in [0.2, 0.25) is 5.02 Å². The molecule has 0 saturated carbocycles. The first-order valence-electron chi connectivity index (χ1n) is 5.03. The largest absolute Gasteiger partial charge is 0.377 e. The Labute approximate surface area is 113 Å². The van der Waals surface area contributed by atoms with E-state index in [1.165, 1.54) is 0 Å². The van der Waals surface area contributed by atoms with Crippen molar-refractivity contribution in [2.45, 2.75) is 4.90 Å². The van der Waals surface area contributed by atoms with Gasteiger partial charge in [0.05, 0.1) is 5.02 Å². The Morgan fingerprint density at radius 3 is 2.11 bits per heavy atom. The van der Waals surface area contributed by atoms with E-state index in [-0.39, 0.29) is 15.7 Å². The molecule has 0 radical (unpaired) electrons. The zero-order chi connectivity index (χ0) is 14.0. The summed E-state index contributed by atoms with van der Waals surface area (Å²) in [6.45, 7) is 0. The van der Waals surface area contributed by atoms with Gasteiger partial charge in [-0.1, -0.05) is 11.6 Å². The van der Waals surface area contributed by atoms with Gasteiger partial charge in [0.2, 0.25) is 0 Å². The Morgan fingerprint density at radius 1 is 0.947 bits per heavy atom. The van der Waals surface area contributed by atoms with Crippen LogP contribution in [0, 0.1) is 11.6 Å². The minimum Gasteiger partial charge on any atom is -0.377 e. The molecule has 0 aliphatic heterocycles. The third kappa shape index (κ3) is 3.21. The minimum atomic E-state index is -4.14. The van der Waals surface area contributed by atoms with E-state index in [1.54, 1.807) is 0 Å². The van der Waals surface area contributed by atoms with Crippen molar-refractivity contribution in [1.29, 1.82) is 0 Å².